The van der Waals surface area contributed by atoms with E-state index in [4.69, 9.17) is 4.74 Å². The normalized spacial score (nSPS) is 16.1. The number of H-pyrrole nitrogens is 1. The average molecular weight is 474 g/mol. The summed E-state index contributed by atoms with van der Waals surface area (Å²) < 4.78 is 7.11. The number of carbonyl (C=O) groups is 1. The Labute approximate surface area is 203 Å². The molecular weight excluding hydrogens is 442 g/mol. The van der Waals surface area contributed by atoms with Crippen molar-refractivity contribution < 1.29 is 9.53 Å². The molecule has 1 unspecified atom stereocenters. The molecule has 1 fully saturated rings. The number of anilines is 1. The van der Waals surface area contributed by atoms with Gasteiger partial charge in [0.25, 0.3) is 5.56 Å². The van der Waals surface area contributed by atoms with Gasteiger partial charge in [0.2, 0.25) is 5.91 Å². The van der Waals surface area contributed by atoms with Gasteiger partial charge in [0.1, 0.15) is 5.75 Å². The van der Waals surface area contributed by atoms with Crippen molar-refractivity contribution in [2.45, 2.75) is 32.7 Å². The summed E-state index contributed by atoms with van der Waals surface area (Å²) in [5, 5.41) is 4.22. The van der Waals surface area contributed by atoms with E-state index in [0.717, 1.165) is 59.1 Å². The monoisotopic (exact) mass is 473 g/mol. The van der Waals surface area contributed by atoms with Crippen molar-refractivity contribution in [2.24, 2.45) is 5.92 Å². The first kappa shape index (κ1) is 23.0. The van der Waals surface area contributed by atoms with Crippen LogP contribution in [0.15, 0.2) is 53.5 Å². The Hall–Kier alpha value is -3.81. The van der Waals surface area contributed by atoms with Crippen molar-refractivity contribution in [3.05, 3.63) is 64.6 Å². The summed E-state index contributed by atoms with van der Waals surface area (Å²) in [7, 11) is 1.66. The molecule has 35 heavy (non-hydrogen) atoms. The van der Waals surface area contributed by atoms with E-state index >= 15 is 0 Å². The number of benzene rings is 2. The maximum Gasteiger partial charge on any atom is 0.293 e. The molecule has 5 rings (SSSR count). The van der Waals surface area contributed by atoms with Gasteiger partial charge in [-0.05, 0) is 62.1 Å². The van der Waals surface area contributed by atoms with E-state index in [-0.39, 0.29) is 17.4 Å². The fourth-order valence-corrected chi connectivity index (χ4v) is 5.04. The Morgan fingerprint density at radius 1 is 1.26 bits per heavy atom. The molecule has 182 valence electrons. The first-order valence-electron chi connectivity index (χ1n) is 12.2. The summed E-state index contributed by atoms with van der Waals surface area (Å²) in [4.78, 5) is 36.2. The van der Waals surface area contributed by atoms with Gasteiger partial charge in [-0.3, -0.25) is 9.59 Å². The van der Waals surface area contributed by atoms with E-state index < -0.39 is 0 Å². The summed E-state index contributed by atoms with van der Waals surface area (Å²) in [6.45, 7) is 4.32. The van der Waals surface area contributed by atoms with Crippen molar-refractivity contribution in [2.75, 3.05) is 31.6 Å². The molecular formula is C27H31N5O3. The third-order valence-corrected chi connectivity index (χ3v) is 6.91. The van der Waals surface area contributed by atoms with Gasteiger partial charge >= 0.3 is 0 Å². The minimum atomic E-state index is -0.172. The number of hydrogen-bond acceptors (Lipinski definition) is 5. The summed E-state index contributed by atoms with van der Waals surface area (Å²) in [5.74, 6) is 1.11. The molecule has 2 aromatic heterocycles. The molecule has 0 saturated carbocycles. The lowest BCUT2D eigenvalue weighted by atomic mass is 9.97. The van der Waals surface area contributed by atoms with Gasteiger partial charge < -0.3 is 24.5 Å². The standard InChI is InChI=1S/C27H31N5O3/c1-3-32-24-9-5-4-8-23(24)30-25(27(32)34)31-14-6-7-19(17-31)26(33)28-13-12-18-16-29-22-11-10-20(35-2)15-21(18)22/h4-5,8-11,15-16,19,29H,3,6-7,12-14,17H2,1-2H3,(H,28,33). The Kier molecular flexibility index (Phi) is 6.44. The number of aromatic nitrogens is 3. The number of fused-ring (bicyclic) bond motifs is 2. The minimum Gasteiger partial charge on any atom is -0.497 e. The summed E-state index contributed by atoms with van der Waals surface area (Å²) in [5.41, 5.74) is 3.73. The van der Waals surface area contributed by atoms with Crippen LogP contribution in [0.2, 0.25) is 0 Å². The Morgan fingerprint density at radius 2 is 2.11 bits per heavy atom. The molecule has 3 heterocycles. The van der Waals surface area contributed by atoms with Gasteiger partial charge in [-0.25, -0.2) is 4.98 Å². The molecule has 8 heteroatoms. The number of aryl methyl sites for hydroxylation is 1. The van der Waals surface area contributed by atoms with Crippen LogP contribution in [0.1, 0.15) is 25.3 Å². The van der Waals surface area contributed by atoms with E-state index in [1.165, 1.54) is 0 Å². The van der Waals surface area contributed by atoms with Crippen molar-refractivity contribution in [1.82, 2.24) is 19.9 Å². The summed E-state index contributed by atoms with van der Waals surface area (Å²) in [6.07, 6.45) is 4.37. The van der Waals surface area contributed by atoms with Crippen LogP contribution < -0.4 is 20.5 Å². The molecule has 0 bridgehead atoms. The first-order valence-corrected chi connectivity index (χ1v) is 12.2. The number of aromatic amines is 1. The molecule has 0 aliphatic carbocycles. The fraction of sp³-hybridized carbons (Fsp3) is 0.370. The number of rotatable bonds is 7. The highest BCUT2D eigenvalue weighted by Gasteiger charge is 2.28. The SMILES string of the molecule is CCn1c(=O)c(N2CCCC(C(=O)NCCc3c[nH]c4ccc(OC)cc34)C2)nc2ccccc21. The van der Waals surface area contributed by atoms with Crippen LogP contribution in [0.3, 0.4) is 0 Å². The minimum absolute atomic E-state index is 0.0312. The molecule has 1 aliphatic rings. The van der Waals surface area contributed by atoms with Crippen LogP contribution in [0, 0.1) is 5.92 Å². The van der Waals surface area contributed by atoms with Crippen molar-refractivity contribution >= 4 is 33.7 Å². The van der Waals surface area contributed by atoms with Crippen LogP contribution in [0.5, 0.6) is 5.75 Å². The van der Waals surface area contributed by atoms with Gasteiger partial charge in [-0.2, -0.15) is 0 Å². The zero-order chi connectivity index (χ0) is 24.4. The van der Waals surface area contributed by atoms with E-state index in [0.29, 0.717) is 25.5 Å². The predicted octanol–water partition coefficient (Wildman–Crippen LogP) is 3.48. The highest BCUT2D eigenvalue weighted by Crippen LogP contribution is 2.24. The van der Waals surface area contributed by atoms with Crippen molar-refractivity contribution in [3.8, 4) is 5.75 Å². The Morgan fingerprint density at radius 3 is 2.94 bits per heavy atom. The number of nitrogens with zero attached hydrogens (tertiary/aromatic N) is 3. The number of methoxy groups -OCH3 is 1. The topological polar surface area (TPSA) is 92.2 Å². The van der Waals surface area contributed by atoms with Gasteiger partial charge in [-0.1, -0.05) is 12.1 Å². The number of piperidine rings is 1. The number of carbonyl (C=O) groups excluding carboxylic acids is 1. The second-order valence-corrected chi connectivity index (χ2v) is 9.03. The molecule has 2 N–H and O–H groups in total. The third-order valence-electron chi connectivity index (χ3n) is 6.91. The smallest absolute Gasteiger partial charge is 0.293 e. The highest BCUT2D eigenvalue weighted by atomic mass is 16.5. The molecule has 1 atom stereocenters. The molecule has 1 aliphatic heterocycles. The molecule has 1 saturated heterocycles. The molecule has 0 spiro atoms. The maximum atomic E-state index is 13.2. The van der Waals surface area contributed by atoms with Crippen LogP contribution in [-0.2, 0) is 17.8 Å². The average Bonchev–Trinajstić information content (AvgIpc) is 3.30. The molecule has 8 nitrogen and oxygen atoms in total. The lowest BCUT2D eigenvalue weighted by Gasteiger charge is -2.32. The van der Waals surface area contributed by atoms with Crippen LogP contribution in [0.25, 0.3) is 21.9 Å². The number of hydrogen-bond donors (Lipinski definition) is 2. The van der Waals surface area contributed by atoms with Gasteiger partial charge in [0, 0.05) is 43.3 Å². The van der Waals surface area contributed by atoms with Gasteiger partial charge in [-0.15, -0.1) is 0 Å². The number of amides is 1. The van der Waals surface area contributed by atoms with E-state index in [1.54, 1.807) is 11.7 Å². The lowest BCUT2D eigenvalue weighted by molar-refractivity contribution is -0.125. The Balaban J connectivity index is 1.26. The first-order chi connectivity index (χ1) is 17.1. The summed E-state index contributed by atoms with van der Waals surface area (Å²) in [6, 6.07) is 13.6. The van der Waals surface area contributed by atoms with Crippen molar-refractivity contribution in [3.63, 3.8) is 0 Å². The van der Waals surface area contributed by atoms with Gasteiger partial charge in [0.05, 0.1) is 24.1 Å². The van der Waals surface area contributed by atoms with E-state index in [2.05, 4.69) is 15.3 Å². The molecule has 4 aromatic rings. The third kappa shape index (κ3) is 4.48. The second-order valence-electron chi connectivity index (χ2n) is 9.03. The lowest BCUT2D eigenvalue weighted by Crippen LogP contribution is -2.46. The molecule has 0 radical (unpaired) electrons. The van der Waals surface area contributed by atoms with Crippen LogP contribution in [0.4, 0.5) is 5.82 Å². The quantitative estimate of drug-likeness (QED) is 0.429. The zero-order valence-electron chi connectivity index (χ0n) is 20.2. The second kappa shape index (κ2) is 9.82. The van der Waals surface area contributed by atoms with Crippen molar-refractivity contribution in [1.29, 1.82) is 0 Å². The van der Waals surface area contributed by atoms with Crippen LogP contribution in [-0.4, -0.2) is 47.2 Å². The number of para-hydroxylation sites is 2. The fourth-order valence-electron chi connectivity index (χ4n) is 5.04. The highest BCUT2D eigenvalue weighted by molar-refractivity contribution is 5.85. The Bertz CT molecular complexity index is 1420. The largest absolute Gasteiger partial charge is 0.497 e. The molecule has 2 aromatic carbocycles. The van der Waals surface area contributed by atoms with E-state index in [9.17, 15) is 9.59 Å². The summed E-state index contributed by atoms with van der Waals surface area (Å²) >= 11 is 0. The van der Waals surface area contributed by atoms with E-state index in [1.807, 2.05) is 60.5 Å². The van der Waals surface area contributed by atoms with Crippen LogP contribution >= 0.6 is 0 Å². The number of ether oxygens (including phenoxy) is 1. The number of nitrogens with one attached hydrogen (secondary N) is 2. The van der Waals surface area contributed by atoms with Gasteiger partial charge in [0.15, 0.2) is 5.82 Å². The predicted molar refractivity (Wildman–Crippen MR) is 138 cm³/mol. The maximum absolute atomic E-state index is 13.2. The zero-order valence-corrected chi connectivity index (χ0v) is 20.2. The molecule has 1 amide bonds.